The van der Waals surface area contributed by atoms with Crippen LogP contribution in [0.4, 0.5) is 5.95 Å². The van der Waals surface area contributed by atoms with E-state index < -0.39 is 5.69 Å². The summed E-state index contributed by atoms with van der Waals surface area (Å²) in [6, 6.07) is 5.36. The molecule has 172 valence electrons. The summed E-state index contributed by atoms with van der Waals surface area (Å²) in [7, 11) is 3.09. The van der Waals surface area contributed by atoms with Gasteiger partial charge in [-0.1, -0.05) is 29.3 Å². The Hall–Kier alpha value is -2.33. The molecule has 0 spiro atoms. The fourth-order valence-electron chi connectivity index (χ4n) is 4.00. The second-order valence-electron chi connectivity index (χ2n) is 8.04. The van der Waals surface area contributed by atoms with Crippen LogP contribution in [0.5, 0.6) is 0 Å². The Bertz CT molecular complexity index is 1240. The molecule has 1 aliphatic rings. The summed E-state index contributed by atoms with van der Waals surface area (Å²) in [5, 5.41) is 4.27. The molecule has 11 heteroatoms. The maximum absolute atomic E-state index is 13.0. The maximum Gasteiger partial charge on any atom is 0.332 e. The van der Waals surface area contributed by atoms with Crippen molar-refractivity contribution >= 4 is 40.3 Å². The van der Waals surface area contributed by atoms with Crippen molar-refractivity contribution in [2.24, 2.45) is 14.1 Å². The molecule has 1 aliphatic heterocycles. The quantitative estimate of drug-likeness (QED) is 0.480. The van der Waals surface area contributed by atoms with E-state index in [1.807, 2.05) is 6.07 Å². The number of aromatic nitrogens is 4. The summed E-state index contributed by atoms with van der Waals surface area (Å²) in [5.74, 6) is 0.543. The van der Waals surface area contributed by atoms with Crippen LogP contribution in [0.25, 0.3) is 11.2 Å². The molecule has 9 nitrogen and oxygen atoms in total. The molecule has 1 fully saturated rings. The van der Waals surface area contributed by atoms with Crippen LogP contribution in [0.15, 0.2) is 27.8 Å². The van der Waals surface area contributed by atoms with Gasteiger partial charge in [-0.2, -0.15) is 4.98 Å². The monoisotopic (exact) mass is 481 g/mol. The third kappa shape index (κ3) is 4.56. The summed E-state index contributed by atoms with van der Waals surface area (Å²) >= 11 is 12.3. The normalized spacial score (nSPS) is 14.9. The molecule has 2 aromatic heterocycles. The minimum atomic E-state index is -0.413. The number of rotatable bonds is 7. The van der Waals surface area contributed by atoms with Crippen molar-refractivity contribution in [3.05, 3.63) is 54.6 Å². The van der Waals surface area contributed by atoms with Crippen molar-refractivity contribution in [2.75, 3.05) is 44.7 Å². The lowest BCUT2D eigenvalue weighted by atomic mass is 10.2. The van der Waals surface area contributed by atoms with Gasteiger partial charge in [0.2, 0.25) is 5.95 Å². The number of aryl methyl sites for hydroxylation is 1. The average Bonchev–Trinajstić information content (AvgIpc) is 3.15. The van der Waals surface area contributed by atoms with Crippen LogP contribution in [-0.4, -0.2) is 58.1 Å². The highest BCUT2D eigenvalue weighted by molar-refractivity contribution is 6.42. The van der Waals surface area contributed by atoms with Gasteiger partial charge in [0, 0.05) is 27.1 Å². The molecule has 0 saturated carbocycles. The molecule has 0 amide bonds. The number of ether oxygens (including phenoxy) is 1. The topological polar surface area (TPSA) is 87.5 Å². The number of imidazole rings is 1. The SMILES string of the molecule is Cn1c(=O)c2c(nc(NCCC[NH+]3CCOCC3)n2Cc2ccc(Cl)c(Cl)c2)n(C)c1=O. The molecule has 1 aromatic carbocycles. The predicted molar refractivity (Wildman–Crippen MR) is 125 cm³/mol. The molecular weight excluding hydrogens is 455 g/mol. The minimum absolute atomic E-state index is 0.347. The molecule has 2 N–H and O–H groups in total. The second kappa shape index (κ2) is 9.66. The van der Waals surface area contributed by atoms with Gasteiger partial charge >= 0.3 is 5.69 Å². The third-order valence-corrected chi connectivity index (χ3v) is 6.60. The van der Waals surface area contributed by atoms with Crippen LogP contribution < -0.4 is 21.5 Å². The Morgan fingerprint density at radius 3 is 2.59 bits per heavy atom. The zero-order valence-corrected chi connectivity index (χ0v) is 19.7. The second-order valence-corrected chi connectivity index (χ2v) is 8.86. The number of anilines is 1. The highest BCUT2D eigenvalue weighted by atomic mass is 35.5. The van der Waals surface area contributed by atoms with E-state index in [2.05, 4.69) is 10.3 Å². The first-order chi connectivity index (χ1) is 15.4. The largest absolute Gasteiger partial charge is 0.370 e. The summed E-state index contributed by atoms with van der Waals surface area (Å²) in [6.45, 7) is 5.74. The number of morpholine rings is 1. The standard InChI is InChI=1S/C21H26Cl2N6O3/c1-26-18-17(19(30)27(2)21(26)31)29(13-14-4-5-15(22)16(23)12-14)20(25-18)24-6-3-7-28-8-10-32-11-9-28/h4-5,12H,3,6-11,13H2,1-2H3,(H,24,25)/p+1. The van der Waals surface area contributed by atoms with E-state index in [0.29, 0.717) is 40.2 Å². The van der Waals surface area contributed by atoms with Gasteiger partial charge in [-0.15, -0.1) is 0 Å². The highest BCUT2D eigenvalue weighted by Crippen LogP contribution is 2.24. The molecule has 0 aliphatic carbocycles. The molecule has 1 saturated heterocycles. The number of halogens is 2. The van der Waals surface area contributed by atoms with E-state index in [1.54, 1.807) is 23.7 Å². The van der Waals surface area contributed by atoms with Gasteiger partial charge in [0.15, 0.2) is 11.2 Å². The molecule has 0 unspecified atom stereocenters. The fraction of sp³-hybridized carbons (Fsp3) is 0.476. The number of nitrogens with one attached hydrogen (secondary N) is 2. The molecule has 0 radical (unpaired) electrons. The van der Waals surface area contributed by atoms with E-state index in [-0.39, 0.29) is 5.56 Å². The molecule has 3 heterocycles. The zero-order valence-electron chi connectivity index (χ0n) is 18.2. The van der Waals surface area contributed by atoms with E-state index in [4.69, 9.17) is 27.9 Å². The van der Waals surface area contributed by atoms with Crippen LogP contribution in [0.2, 0.25) is 10.0 Å². The van der Waals surface area contributed by atoms with Crippen molar-refractivity contribution in [3.63, 3.8) is 0 Å². The minimum Gasteiger partial charge on any atom is -0.370 e. The average molecular weight is 482 g/mol. The summed E-state index contributed by atoms with van der Waals surface area (Å²) in [5.41, 5.74) is 0.780. The molecule has 3 aromatic rings. The van der Waals surface area contributed by atoms with Crippen molar-refractivity contribution in [3.8, 4) is 0 Å². The molecule has 32 heavy (non-hydrogen) atoms. The lowest BCUT2D eigenvalue weighted by molar-refractivity contribution is -0.908. The first-order valence-electron chi connectivity index (χ1n) is 10.6. The number of hydrogen-bond donors (Lipinski definition) is 2. The summed E-state index contributed by atoms with van der Waals surface area (Å²) in [4.78, 5) is 31.5. The van der Waals surface area contributed by atoms with Crippen LogP contribution in [0, 0.1) is 0 Å². The van der Waals surface area contributed by atoms with Crippen LogP contribution in [0.1, 0.15) is 12.0 Å². The maximum atomic E-state index is 13.0. The number of hydrogen-bond acceptors (Lipinski definition) is 5. The predicted octanol–water partition coefficient (Wildman–Crippen LogP) is 0.506. The number of fused-ring (bicyclic) bond motifs is 1. The zero-order chi connectivity index (χ0) is 22.8. The van der Waals surface area contributed by atoms with E-state index in [0.717, 1.165) is 49.4 Å². The van der Waals surface area contributed by atoms with Crippen molar-refractivity contribution in [1.29, 1.82) is 0 Å². The van der Waals surface area contributed by atoms with Gasteiger partial charge in [0.1, 0.15) is 13.1 Å². The summed E-state index contributed by atoms with van der Waals surface area (Å²) < 4.78 is 9.71. The van der Waals surface area contributed by atoms with Gasteiger partial charge in [0.05, 0.1) is 36.3 Å². The Labute approximate surface area is 195 Å². The molecular formula is C21H27Cl2N6O3+. The Balaban J connectivity index is 1.65. The lowest BCUT2D eigenvalue weighted by Gasteiger charge is -2.23. The highest BCUT2D eigenvalue weighted by Gasteiger charge is 2.20. The number of quaternary nitrogens is 1. The van der Waals surface area contributed by atoms with Crippen LogP contribution in [-0.2, 0) is 25.4 Å². The molecule has 0 bridgehead atoms. The smallest absolute Gasteiger partial charge is 0.332 e. The number of nitrogens with zero attached hydrogens (tertiary/aromatic N) is 4. The first kappa shape index (κ1) is 22.8. The molecule has 0 atom stereocenters. The van der Waals surface area contributed by atoms with Gasteiger partial charge in [-0.05, 0) is 17.7 Å². The van der Waals surface area contributed by atoms with Crippen LogP contribution >= 0.6 is 23.2 Å². The van der Waals surface area contributed by atoms with Gasteiger partial charge in [0.25, 0.3) is 5.56 Å². The Kier molecular flexibility index (Phi) is 6.90. The van der Waals surface area contributed by atoms with E-state index >= 15 is 0 Å². The van der Waals surface area contributed by atoms with E-state index in [9.17, 15) is 9.59 Å². The fourth-order valence-corrected chi connectivity index (χ4v) is 4.33. The van der Waals surface area contributed by atoms with E-state index in [1.165, 1.54) is 16.5 Å². The lowest BCUT2D eigenvalue weighted by Crippen LogP contribution is -3.14. The number of benzene rings is 1. The van der Waals surface area contributed by atoms with Crippen molar-refractivity contribution < 1.29 is 9.64 Å². The van der Waals surface area contributed by atoms with Crippen molar-refractivity contribution in [1.82, 2.24) is 18.7 Å². The Morgan fingerprint density at radius 1 is 1.12 bits per heavy atom. The first-order valence-corrected chi connectivity index (χ1v) is 11.4. The van der Waals surface area contributed by atoms with Gasteiger partial charge < -0.3 is 15.0 Å². The van der Waals surface area contributed by atoms with Gasteiger partial charge in [-0.3, -0.25) is 18.5 Å². The van der Waals surface area contributed by atoms with Gasteiger partial charge in [-0.25, -0.2) is 4.79 Å². The Morgan fingerprint density at radius 2 is 1.88 bits per heavy atom. The van der Waals surface area contributed by atoms with Crippen molar-refractivity contribution in [2.45, 2.75) is 13.0 Å². The third-order valence-electron chi connectivity index (χ3n) is 5.86. The summed E-state index contributed by atoms with van der Waals surface area (Å²) in [6.07, 6.45) is 0.947. The van der Waals surface area contributed by atoms with Crippen LogP contribution in [0.3, 0.4) is 0 Å². The molecule has 4 rings (SSSR count).